The average Bonchev–Trinajstić information content (AvgIpc) is 3.05. The van der Waals surface area contributed by atoms with Crippen molar-refractivity contribution in [3.05, 3.63) is 48.8 Å². The number of benzene rings is 2. The first-order valence-electron chi connectivity index (χ1n) is 7.37. The van der Waals surface area contributed by atoms with Gasteiger partial charge in [-0.05, 0) is 35.7 Å². The molecule has 0 bridgehead atoms. The first-order chi connectivity index (χ1) is 12.6. The van der Waals surface area contributed by atoms with Crippen molar-refractivity contribution in [1.82, 2.24) is 9.97 Å². The van der Waals surface area contributed by atoms with Crippen LogP contribution in [0, 0.1) is 0 Å². The zero-order chi connectivity index (χ0) is 19.4. The molecular weight excluding hydrogens is 442 g/mol. The fourth-order valence-corrected chi connectivity index (χ4v) is 3.89. The van der Waals surface area contributed by atoms with Gasteiger partial charge in [-0.1, -0.05) is 6.07 Å². The maximum atomic E-state index is 11.8. The van der Waals surface area contributed by atoms with E-state index in [2.05, 4.69) is 9.97 Å². The summed E-state index contributed by atoms with van der Waals surface area (Å²) < 4.78 is 70.7. The molecule has 2 N–H and O–H groups in total. The van der Waals surface area contributed by atoms with Crippen molar-refractivity contribution >= 4 is 101 Å². The molecule has 29 heavy (non-hydrogen) atoms. The monoisotopic (exact) mass is 452 g/mol. The van der Waals surface area contributed by atoms with Crippen molar-refractivity contribution in [2.75, 3.05) is 0 Å². The van der Waals surface area contributed by atoms with E-state index in [1.807, 2.05) is 0 Å². The molecule has 0 fully saturated rings. The first-order valence-corrected chi connectivity index (χ1v) is 10.3. The number of oxazole rings is 1. The SMILES string of the molecule is O=S(=O)(O)c1ccc2c(c1)cc(S(=O)(=O)O)c1oc(-c3ccncc3)nc12.[Na].[Na]. The van der Waals surface area contributed by atoms with E-state index in [-0.39, 0.29) is 81.5 Å². The van der Waals surface area contributed by atoms with Crippen LogP contribution in [0.15, 0.2) is 63.0 Å². The van der Waals surface area contributed by atoms with E-state index in [0.29, 0.717) is 10.9 Å². The third kappa shape index (κ3) is 4.74. The number of hydrogen-bond donors (Lipinski definition) is 2. The molecule has 0 saturated heterocycles. The van der Waals surface area contributed by atoms with Gasteiger partial charge in [0.15, 0.2) is 5.58 Å². The van der Waals surface area contributed by atoms with Crippen LogP contribution in [0.25, 0.3) is 33.3 Å². The van der Waals surface area contributed by atoms with Gasteiger partial charge in [0, 0.05) is 82.5 Å². The van der Waals surface area contributed by atoms with Crippen molar-refractivity contribution in [3.8, 4) is 11.5 Å². The minimum Gasteiger partial charge on any atom is -0.435 e. The fraction of sp³-hybridized carbons (Fsp3) is 0. The number of nitrogens with zero attached hydrogens (tertiary/aromatic N) is 2. The second-order valence-electron chi connectivity index (χ2n) is 5.64. The Bertz CT molecular complexity index is 1420. The standard InChI is InChI=1S/C16H10N2O7S2.2Na/c19-26(20,21)11-1-2-12-10(7-11)8-13(27(22,23)24)15-14(12)18-16(25-15)9-3-5-17-6-4-9;;/h1-8H,(H,19,20,21)(H,22,23,24);;. The summed E-state index contributed by atoms with van der Waals surface area (Å²) in [4.78, 5) is 7.19. The van der Waals surface area contributed by atoms with Gasteiger partial charge >= 0.3 is 0 Å². The van der Waals surface area contributed by atoms with Gasteiger partial charge in [0.05, 0.1) is 4.90 Å². The van der Waals surface area contributed by atoms with Crippen molar-refractivity contribution in [1.29, 1.82) is 0 Å². The van der Waals surface area contributed by atoms with Crippen LogP contribution in [0.2, 0.25) is 0 Å². The van der Waals surface area contributed by atoms with Gasteiger partial charge in [0.1, 0.15) is 10.4 Å². The summed E-state index contributed by atoms with van der Waals surface area (Å²) in [5.74, 6) is 0.101. The van der Waals surface area contributed by atoms with Crippen molar-refractivity contribution in [3.63, 3.8) is 0 Å². The van der Waals surface area contributed by atoms with Gasteiger partial charge in [0.2, 0.25) is 5.89 Å². The number of hydrogen-bond acceptors (Lipinski definition) is 7. The van der Waals surface area contributed by atoms with Crippen molar-refractivity contribution < 1.29 is 30.4 Å². The molecule has 0 atom stereocenters. The predicted molar refractivity (Wildman–Crippen MR) is 106 cm³/mol. The van der Waals surface area contributed by atoms with Crippen LogP contribution in [0.1, 0.15) is 0 Å². The number of pyridine rings is 1. The van der Waals surface area contributed by atoms with Gasteiger partial charge in [-0.2, -0.15) is 16.8 Å². The molecule has 13 heteroatoms. The molecule has 2 aromatic heterocycles. The molecule has 0 amide bonds. The zero-order valence-corrected chi connectivity index (χ0v) is 20.9. The van der Waals surface area contributed by atoms with E-state index >= 15 is 0 Å². The van der Waals surface area contributed by atoms with Crippen LogP contribution in [0.4, 0.5) is 0 Å². The van der Waals surface area contributed by atoms with Gasteiger partial charge in [-0.3, -0.25) is 14.1 Å². The third-order valence-corrected chi connectivity index (χ3v) is 5.63. The van der Waals surface area contributed by atoms with E-state index in [9.17, 15) is 25.9 Å². The maximum Gasteiger partial charge on any atom is 0.298 e. The second-order valence-corrected chi connectivity index (χ2v) is 8.45. The molecule has 140 valence electrons. The van der Waals surface area contributed by atoms with Crippen LogP contribution in [-0.2, 0) is 20.2 Å². The molecule has 2 aromatic carbocycles. The van der Waals surface area contributed by atoms with Gasteiger partial charge in [-0.15, -0.1) is 0 Å². The number of fused-ring (bicyclic) bond motifs is 3. The van der Waals surface area contributed by atoms with E-state index in [1.54, 1.807) is 12.1 Å². The molecule has 0 spiro atoms. The average molecular weight is 452 g/mol. The van der Waals surface area contributed by atoms with Gasteiger partial charge in [0.25, 0.3) is 20.2 Å². The summed E-state index contributed by atoms with van der Waals surface area (Å²) in [6, 6.07) is 7.88. The number of rotatable bonds is 3. The zero-order valence-electron chi connectivity index (χ0n) is 15.3. The molecule has 0 aliphatic carbocycles. The molecule has 4 aromatic rings. The molecular formula is C16H10N2Na2O7S2. The molecule has 2 radical (unpaired) electrons. The molecule has 0 saturated carbocycles. The Balaban J connectivity index is 0.00000150. The maximum absolute atomic E-state index is 11.8. The third-order valence-electron chi connectivity index (χ3n) is 3.92. The van der Waals surface area contributed by atoms with Crippen molar-refractivity contribution in [2.45, 2.75) is 9.79 Å². The Morgan fingerprint density at radius 2 is 1.52 bits per heavy atom. The molecule has 0 aliphatic heterocycles. The summed E-state index contributed by atoms with van der Waals surface area (Å²) in [6.07, 6.45) is 3.01. The van der Waals surface area contributed by atoms with Crippen LogP contribution in [0.5, 0.6) is 0 Å². The largest absolute Gasteiger partial charge is 0.435 e. The summed E-state index contributed by atoms with van der Waals surface area (Å²) in [5.41, 5.74) is 0.482. The minimum absolute atomic E-state index is 0. The predicted octanol–water partition coefficient (Wildman–Crippen LogP) is 1.77. The number of aromatic nitrogens is 2. The van der Waals surface area contributed by atoms with E-state index in [4.69, 9.17) is 4.42 Å². The first kappa shape index (κ1) is 24.4. The van der Waals surface area contributed by atoms with Crippen LogP contribution < -0.4 is 0 Å². The molecule has 4 rings (SSSR count). The summed E-state index contributed by atoms with van der Waals surface area (Å²) in [5, 5.41) is 0.522. The summed E-state index contributed by atoms with van der Waals surface area (Å²) in [7, 11) is -9.19. The van der Waals surface area contributed by atoms with Crippen LogP contribution in [0.3, 0.4) is 0 Å². The normalized spacial score (nSPS) is 11.8. The molecule has 0 aliphatic rings. The molecule has 0 unspecified atom stereocenters. The Kier molecular flexibility index (Phi) is 7.33. The minimum atomic E-state index is -4.70. The van der Waals surface area contributed by atoms with Gasteiger partial charge < -0.3 is 4.42 Å². The smallest absolute Gasteiger partial charge is 0.298 e. The Morgan fingerprint density at radius 1 is 0.862 bits per heavy atom. The van der Waals surface area contributed by atoms with Crippen LogP contribution >= 0.6 is 0 Å². The van der Waals surface area contributed by atoms with E-state index < -0.39 is 30.0 Å². The molecule has 9 nitrogen and oxygen atoms in total. The fourth-order valence-electron chi connectivity index (χ4n) is 2.72. The summed E-state index contributed by atoms with van der Waals surface area (Å²) >= 11 is 0. The summed E-state index contributed by atoms with van der Waals surface area (Å²) in [6.45, 7) is 0. The second kappa shape index (κ2) is 8.71. The van der Waals surface area contributed by atoms with Crippen LogP contribution in [-0.4, -0.2) is 95.0 Å². The topological polar surface area (TPSA) is 148 Å². The van der Waals surface area contributed by atoms with E-state index in [0.717, 1.165) is 18.2 Å². The Hall–Kier alpha value is -0.860. The van der Waals surface area contributed by atoms with Gasteiger partial charge in [-0.25, -0.2) is 4.98 Å². The Morgan fingerprint density at radius 3 is 2.10 bits per heavy atom. The van der Waals surface area contributed by atoms with E-state index in [1.165, 1.54) is 18.5 Å². The molecule has 2 heterocycles. The quantitative estimate of drug-likeness (QED) is 0.350. The van der Waals surface area contributed by atoms with Crippen molar-refractivity contribution in [2.24, 2.45) is 0 Å². The Labute approximate surface area is 209 Å².